The van der Waals surface area contributed by atoms with Gasteiger partial charge in [0.15, 0.2) is 0 Å². The van der Waals surface area contributed by atoms with Crippen LogP contribution in [0.3, 0.4) is 0 Å². The summed E-state index contributed by atoms with van der Waals surface area (Å²) in [7, 11) is 0. The van der Waals surface area contributed by atoms with Gasteiger partial charge in [-0.15, -0.1) is 0 Å². The second-order valence-electron chi connectivity index (χ2n) is 7.04. The van der Waals surface area contributed by atoms with E-state index >= 15 is 0 Å². The largest absolute Gasteiger partial charge is 0.326 e. The number of nitrogens with zero attached hydrogens (tertiary/aromatic N) is 1. The molecule has 2 nitrogen and oxygen atoms in total. The van der Waals surface area contributed by atoms with Gasteiger partial charge in [-0.1, -0.05) is 44.0 Å². The third kappa shape index (κ3) is 4.31. The molecule has 0 aliphatic carbocycles. The summed E-state index contributed by atoms with van der Waals surface area (Å²) in [4.78, 5) is 2.62. The normalized spacial score (nSPS) is 19.2. The molecule has 0 aromatic heterocycles. The maximum absolute atomic E-state index is 6.59. The average Bonchev–Trinajstić information content (AvgIpc) is 2.77. The molecule has 0 spiro atoms. The van der Waals surface area contributed by atoms with Crippen LogP contribution in [-0.4, -0.2) is 29.6 Å². The predicted molar refractivity (Wildman–Crippen MR) is 91.6 cm³/mol. The van der Waals surface area contributed by atoms with E-state index in [1.54, 1.807) is 0 Å². The van der Waals surface area contributed by atoms with Crippen LogP contribution in [0.2, 0.25) is 0 Å². The van der Waals surface area contributed by atoms with Crippen molar-refractivity contribution >= 4 is 0 Å². The maximum atomic E-state index is 6.59. The first kappa shape index (κ1) is 16.5. The number of nitrogens with two attached hydrogens (primary N) is 1. The van der Waals surface area contributed by atoms with Crippen molar-refractivity contribution in [3.8, 4) is 0 Å². The lowest BCUT2D eigenvalue weighted by atomic mass is 9.87. The summed E-state index contributed by atoms with van der Waals surface area (Å²) in [5.41, 5.74) is 9.44. The Kier molecular flexibility index (Phi) is 5.83. The van der Waals surface area contributed by atoms with E-state index in [4.69, 9.17) is 5.73 Å². The summed E-state index contributed by atoms with van der Waals surface area (Å²) in [5, 5.41) is 0. The molecule has 1 unspecified atom stereocenters. The SMILES string of the molecule is CCc1ccc(CC(N)C(C)(C)N2CCCCCC2)cc1. The number of likely N-dealkylation sites (tertiary alicyclic amines) is 1. The molecule has 0 saturated carbocycles. The smallest absolute Gasteiger partial charge is 0.0307 e. The van der Waals surface area contributed by atoms with Crippen LogP contribution < -0.4 is 5.73 Å². The van der Waals surface area contributed by atoms with Crippen LogP contribution in [0.25, 0.3) is 0 Å². The van der Waals surface area contributed by atoms with Gasteiger partial charge >= 0.3 is 0 Å². The molecule has 2 heteroatoms. The zero-order chi connectivity index (χ0) is 15.3. The minimum absolute atomic E-state index is 0.0772. The molecule has 0 bridgehead atoms. The Morgan fingerprint density at radius 2 is 1.52 bits per heavy atom. The fourth-order valence-electron chi connectivity index (χ4n) is 3.30. The van der Waals surface area contributed by atoms with Crippen LogP contribution in [0, 0.1) is 0 Å². The predicted octanol–water partition coefficient (Wildman–Crippen LogP) is 3.77. The number of benzene rings is 1. The van der Waals surface area contributed by atoms with E-state index in [1.807, 2.05) is 0 Å². The van der Waals surface area contributed by atoms with E-state index in [0.29, 0.717) is 0 Å². The van der Waals surface area contributed by atoms with Gasteiger partial charge in [-0.3, -0.25) is 4.90 Å². The second-order valence-corrected chi connectivity index (χ2v) is 7.04. The molecule has 1 atom stereocenters. The fraction of sp³-hybridized carbons (Fsp3) is 0.684. The lowest BCUT2D eigenvalue weighted by Crippen LogP contribution is -2.57. The molecule has 0 amide bonds. The van der Waals surface area contributed by atoms with Crippen LogP contribution in [0.1, 0.15) is 57.6 Å². The molecule has 1 fully saturated rings. The van der Waals surface area contributed by atoms with Gasteiger partial charge in [0.05, 0.1) is 0 Å². The van der Waals surface area contributed by atoms with Crippen LogP contribution in [0.5, 0.6) is 0 Å². The fourth-order valence-corrected chi connectivity index (χ4v) is 3.30. The van der Waals surface area contributed by atoms with Crippen molar-refractivity contribution in [1.82, 2.24) is 4.90 Å². The van der Waals surface area contributed by atoms with Gasteiger partial charge in [0.25, 0.3) is 0 Å². The molecule has 0 radical (unpaired) electrons. The lowest BCUT2D eigenvalue weighted by Gasteiger charge is -2.42. The van der Waals surface area contributed by atoms with Crippen LogP contribution >= 0.6 is 0 Å². The molecule has 1 aliphatic rings. The van der Waals surface area contributed by atoms with Gasteiger partial charge in [-0.05, 0) is 63.7 Å². The molecule has 1 aromatic carbocycles. The Balaban J connectivity index is 2.00. The number of hydrogen-bond donors (Lipinski definition) is 1. The van der Waals surface area contributed by atoms with Crippen molar-refractivity contribution < 1.29 is 0 Å². The summed E-state index contributed by atoms with van der Waals surface area (Å²) in [6.07, 6.45) is 7.46. The van der Waals surface area contributed by atoms with Gasteiger partial charge in [0.2, 0.25) is 0 Å². The van der Waals surface area contributed by atoms with E-state index in [2.05, 4.69) is 49.9 Å². The Labute approximate surface area is 130 Å². The van der Waals surface area contributed by atoms with Crippen LogP contribution in [0.15, 0.2) is 24.3 Å². The second kappa shape index (κ2) is 7.42. The molecule has 1 aliphatic heterocycles. The summed E-state index contributed by atoms with van der Waals surface area (Å²) in [6, 6.07) is 9.15. The Morgan fingerprint density at radius 3 is 2.05 bits per heavy atom. The first-order chi connectivity index (χ1) is 10.0. The Morgan fingerprint density at radius 1 is 1.00 bits per heavy atom. The van der Waals surface area contributed by atoms with E-state index in [1.165, 1.54) is 49.9 Å². The Hall–Kier alpha value is -0.860. The summed E-state index contributed by atoms with van der Waals surface area (Å²) < 4.78 is 0. The molecule has 1 heterocycles. The van der Waals surface area contributed by atoms with E-state index in [9.17, 15) is 0 Å². The van der Waals surface area contributed by atoms with E-state index in [0.717, 1.165) is 12.8 Å². The quantitative estimate of drug-likeness (QED) is 0.893. The molecule has 1 aromatic rings. The van der Waals surface area contributed by atoms with Crippen LogP contribution in [-0.2, 0) is 12.8 Å². The standard InChI is InChI=1S/C19H32N2/c1-4-16-9-11-17(12-10-16)15-18(20)19(2,3)21-13-7-5-6-8-14-21/h9-12,18H,4-8,13-15,20H2,1-3H3. The molecule has 2 rings (SSSR count). The van der Waals surface area contributed by atoms with E-state index in [-0.39, 0.29) is 11.6 Å². The van der Waals surface area contributed by atoms with Crippen molar-refractivity contribution in [3.63, 3.8) is 0 Å². The van der Waals surface area contributed by atoms with Gasteiger partial charge < -0.3 is 5.73 Å². The van der Waals surface area contributed by atoms with Crippen molar-refractivity contribution in [2.24, 2.45) is 5.73 Å². The van der Waals surface area contributed by atoms with Crippen LogP contribution in [0.4, 0.5) is 0 Å². The van der Waals surface area contributed by atoms with Crippen molar-refractivity contribution in [2.45, 2.75) is 70.9 Å². The zero-order valence-electron chi connectivity index (χ0n) is 14.1. The van der Waals surface area contributed by atoms with E-state index < -0.39 is 0 Å². The zero-order valence-corrected chi connectivity index (χ0v) is 14.1. The van der Waals surface area contributed by atoms with Gasteiger partial charge in [-0.2, -0.15) is 0 Å². The highest BCUT2D eigenvalue weighted by Gasteiger charge is 2.33. The van der Waals surface area contributed by atoms with Crippen molar-refractivity contribution in [3.05, 3.63) is 35.4 Å². The number of hydrogen-bond acceptors (Lipinski definition) is 2. The molecular weight excluding hydrogens is 256 g/mol. The highest BCUT2D eigenvalue weighted by atomic mass is 15.2. The number of rotatable bonds is 5. The van der Waals surface area contributed by atoms with Gasteiger partial charge in [0, 0.05) is 11.6 Å². The highest BCUT2D eigenvalue weighted by Crippen LogP contribution is 2.24. The minimum Gasteiger partial charge on any atom is -0.326 e. The van der Waals surface area contributed by atoms with Gasteiger partial charge in [0.1, 0.15) is 0 Å². The molecule has 21 heavy (non-hydrogen) atoms. The minimum atomic E-state index is 0.0772. The summed E-state index contributed by atoms with van der Waals surface area (Å²) >= 11 is 0. The average molecular weight is 288 g/mol. The third-order valence-corrected chi connectivity index (χ3v) is 5.22. The molecule has 2 N–H and O–H groups in total. The highest BCUT2D eigenvalue weighted by molar-refractivity contribution is 5.23. The Bertz CT molecular complexity index is 414. The molecule has 1 saturated heterocycles. The number of aryl methyl sites for hydroxylation is 1. The van der Waals surface area contributed by atoms with Crippen molar-refractivity contribution in [2.75, 3.05) is 13.1 Å². The first-order valence-electron chi connectivity index (χ1n) is 8.62. The lowest BCUT2D eigenvalue weighted by molar-refractivity contribution is 0.0979. The maximum Gasteiger partial charge on any atom is 0.0307 e. The van der Waals surface area contributed by atoms with Gasteiger partial charge in [-0.25, -0.2) is 0 Å². The third-order valence-electron chi connectivity index (χ3n) is 5.22. The topological polar surface area (TPSA) is 29.3 Å². The summed E-state index contributed by atoms with van der Waals surface area (Å²) in [6.45, 7) is 9.25. The molecular formula is C19H32N2. The molecule has 118 valence electrons. The monoisotopic (exact) mass is 288 g/mol. The van der Waals surface area contributed by atoms with Crippen molar-refractivity contribution in [1.29, 1.82) is 0 Å². The summed E-state index contributed by atoms with van der Waals surface area (Å²) in [5.74, 6) is 0. The first-order valence-corrected chi connectivity index (χ1v) is 8.62.